The molecule has 8 nitrogen and oxygen atoms in total. The van der Waals surface area contributed by atoms with Gasteiger partial charge in [0, 0.05) is 13.1 Å². The fourth-order valence-electron chi connectivity index (χ4n) is 5.45. The number of hydrogen-bond acceptors (Lipinski definition) is 6. The van der Waals surface area contributed by atoms with Gasteiger partial charge in [-0.15, -0.1) is 0 Å². The molecule has 0 rings (SSSR count). The molecule has 0 heterocycles. The van der Waals surface area contributed by atoms with E-state index in [1.807, 2.05) is 0 Å². The first-order valence-corrected chi connectivity index (χ1v) is 17.8. The van der Waals surface area contributed by atoms with E-state index >= 15 is 0 Å². The van der Waals surface area contributed by atoms with E-state index in [0.29, 0.717) is 32.5 Å². The van der Waals surface area contributed by atoms with Crippen LogP contribution in [0.15, 0.2) is 0 Å². The molecule has 43 heavy (non-hydrogen) atoms. The maximum atomic E-state index is 12.1. The second-order valence-electron chi connectivity index (χ2n) is 13.6. The molecule has 0 unspecified atom stereocenters. The standard InChI is InChI=1S/C35H70N2O6/c1-6-8-10-12-14-16-18-20-24-30(38)28-37(29-31(39)25-21-19-17-15-13-11-9-7-2)27-23-22-26-32(33(40)41)36-34(42)43-35(3,4)5/h30-32,38-39H,6-29H2,1-5H3,(H,36,42)(H,40,41)/t30-,31-,32+/m1/s1. The summed E-state index contributed by atoms with van der Waals surface area (Å²) >= 11 is 0. The predicted molar refractivity (Wildman–Crippen MR) is 178 cm³/mol. The lowest BCUT2D eigenvalue weighted by Gasteiger charge is -2.28. The summed E-state index contributed by atoms with van der Waals surface area (Å²) < 4.78 is 5.21. The Kier molecular flexibility index (Phi) is 26.1. The molecule has 0 aliphatic rings. The zero-order chi connectivity index (χ0) is 32.3. The Morgan fingerprint density at radius 1 is 0.651 bits per heavy atom. The number of nitrogens with zero attached hydrogens (tertiary/aromatic N) is 1. The number of rotatable bonds is 29. The third-order valence-electron chi connectivity index (χ3n) is 7.93. The topological polar surface area (TPSA) is 119 Å². The summed E-state index contributed by atoms with van der Waals surface area (Å²) in [5.41, 5.74) is -0.696. The number of amides is 1. The Balaban J connectivity index is 4.67. The number of carbonyl (C=O) groups is 2. The first-order chi connectivity index (χ1) is 20.5. The minimum atomic E-state index is -1.08. The number of alkyl carbamates (subject to hydrolysis) is 1. The molecule has 0 aromatic heterocycles. The van der Waals surface area contributed by atoms with Crippen molar-refractivity contribution in [3.05, 3.63) is 0 Å². The predicted octanol–water partition coefficient (Wildman–Crippen LogP) is 8.22. The largest absolute Gasteiger partial charge is 0.480 e. The Morgan fingerprint density at radius 2 is 1.05 bits per heavy atom. The van der Waals surface area contributed by atoms with Crippen molar-refractivity contribution in [2.75, 3.05) is 19.6 Å². The van der Waals surface area contributed by atoms with Crippen LogP contribution in [0.25, 0.3) is 0 Å². The Morgan fingerprint density at radius 3 is 1.44 bits per heavy atom. The summed E-state index contributed by atoms with van der Waals surface area (Å²) in [7, 11) is 0. The molecule has 1 amide bonds. The number of unbranched alkanes of at least 4 members (excludes halogenated alkanes) is 15. The molecule has 3 atom stereocenters. The second-order valence-corrected chi connectivity index (χ2v) is 13.6. The van der Waals surface area contributed by atoms with Gasteiger partial charge in [-0.1, -0.05) is 117 Å². The number of ether oxygens (including phenoxy) is 1. The molecule has 0 saturated heterocycles. The maximum Gasteiger partial charge on any atom is 0.408 e. The second kappa shape index (κ2) is 27.0. The number of hydrogen-bond donors (Lipinski definition) is 4. The molecular formula is C35H70N2O6. The zero-order valence-corrected chi connectivity index (χ0v) is 28.7. The molecule has 0 aromatic carbocycles. The summed E-state index contributed by atoms with van der Waals surface area (Å²) in [6.45, 7) is 11.4. The molecule has 0 aromatic rings. The van der Waals surface area contributed by atoms with Crippen molar-refractivity contribution in [1.82, 2.24) is 10.2 Å². The number of carboxylic acids is 1. The Bertz CT molecular complexity index is 641. The van der Waals surface area contributed by atoms with Crippen LogP contribution in [0.3, 0.4) is 0 Å². The summed E-state index contributed by atoms with van der Waals surface area (Å²) in [6.07, 6.45) is 21.3. The fourth-order valence-corrected chi connectivity index (χ4v) is 5.45. The van der Waals surface area contributed by atoms with E-state index in [1.165, 1.54) is 77.0 Å². The average Bonchev–Trinajstić information content (AvgIpc) is 2.92. The molecule has 0 fully saturated rings. The van der Waals surface area contributed by atoms with Crippen LogP contribution in [-0.4, -0.2) is 75.8 Å². The van der Waals surface area contributed by atoms with Crippen molar-refractivity contribution in [1.29, 1.82) is 0 Å². The lowest BCUT2D eigenvalue weighted by Crippen LogP contribution is -2.43. The minimum Gasteiger partial charge on any atom is -0.480 e. The van der Waals surface area contributed by atoms with Crippen LogP contribution in [0.1, 0.15) is 169 Å². The highest BCUT2D eigenvalue weighted by Gasteiger charge is 2.24. The lowest BCUT2D eigenvalue weighted by atomic mass is 10.0. The van der Waals surface area contributed by atoms with Crippen molar-refractivity contribution in [2.45, 2.75) is 193 Å². The van der Waals surface area contributed by atoms with E-state index < -0.39 is 35.9 Å². The van der Waals surface area contributed by atoms with E-state index in [9.17, 15) is 24.9 Å². The van der Waals surface area contributed by atoms with Gasteiger partial charge in [-0.2, -0.15) is 0 Å². The number of aliphatic hydroxyl groups is 2. The van der Waals surface area contributed by atoms with Crippen molar-refractivity contribution < 1.29 is 29.6 Å². The number of carboxylic acid groups (broad SMARTS) is 1. The molecule has 0 saturated carbocycles. The van der Waals surface area contributed by atoms with Crippen LogP contribution in [0, 0.1) is 0 Å². The molecule has 0 bridgehead atoms. The molecular weight excluding hydrogens is 544 g/mol. The molecule has 0 aliphatic carbocycles. The summed E-state index contributed by atoms with van der Waals surface area (Å²) in [5, 5.41) is 33.6. The summed E-state index contributed by atoms with van der Waals surface area (Å²) in [4.78, 5) is 25.9. The normalized spacial score (nSPS) is 14.0. The molecule has 256 valence electrons. The Hall–Kier alpha value is -1.38. The van der Waals surface area contributed by atoms with Gasteiger partial charge in [-0.25, -0.2) is 9.59 Å². The number of aliphatic carboxylic acids is 1. The third-order valence-corrected chi connectivity index (χ3v) is 7.93. The van der Waals surface area contributed by atoms with Crippen molar-refractivity contribution in [3.8, 4) is 0 Å². The van der Waals surface area contributed by atoms with E-state index in [4.69, 9.17) is 4.74 Å². The number of aliphatic hydroxyl groups excluding tert-OH is 2. The summed E-state index contributed by atoms with van der Waals surface area (Å²) in [6, 6.07) is -1.01. The highest BCUT2D eigenvalue weighted by Crippen LogP contribution is 2.15. The van der Waals surface area contributed by atoms with E-state index in [2.05, 4.69) is 24.1 Å². The first kappa shape index (κ1) is 41.6. The van der Waals surface area contributed by atoms with E-state index in [-0.39, 0.29) is 0 Å². The average molecular weight is 615 g/mol. The lowest BCUT2D eigenvalue weighted by molar-refractivity contribution is -0.139. The van der Waals surface area contributed by atoms with Crippen LogP contribution in [0.5, 0.6) is 0 Å². The van der Waals surface area contributed by atoms with E-state index in [0.717, 1.165) is 44.9 Å². The van der Waals surface area contributed by atoms with Gasteiger partial charge in [0.1, 0.15) is 11.6 Å². The van der Waals surface area contributed by atoms with Crippen LogP contribution < -0.4 is 5.32 Å². The smallest absolute Gasteiger partial charge is 0.408 e. The number of nitrogens with one attached hydrogen (secondary N) is 1. The summed E-state index contributed by atoms with van der Waals surface area (Å²) in [5.74, 6) is -1.08. The first-order valence-electron chi connectivity index (χ1n) is 17.8. The van der Waals surface area contributed by atoms with Crippen LogP contribution in [0.2, 0.25) is 0 Å². The SMILES string of the molecule is CCCCCCCCCC[C@@H](O)CN(CCCC[C@H](NC(=O)OC(C)(C)C)C(=O)O)C[C@H](O)CCCCCCCCCC. The molecule has 4 N–H and O–H groups in total. The van der Waals surface area contributed by atoms with Gasteiger partial charge in [0.15, 0.2) is 0 Å². The molecule has 0 spiro atoms. The van der Waals surface area contributed by atoms with Gasteiger partial charge in [0.2, 0.25) is 0 Å². The van der Waals surface area contributed by atoms with Gasteiger partial charge < -0.3 is 25.4 Å². The maximum absolute atomic E-state index is 12.1. The minimum absolute atomic E-state index is 0.296. The fraction of sp³-hybridized carbons (Fsp3) is 0.943. The van der Waals surface area contributed by atoms with Crippen molar-refractivity contribution in [3.63, 3.8) is 0 Å². The quantitative estimate of drug-likeness (QED) is 0.0627. The molecule has 0 radical (unpaired) electrons. The Labute approximate surface area is 264 Å². The monoisotopic (exact) mass is 615 g/mol. The molecule has 8 heteroatoms. The zero-order valence-electron chi connectivity index (χ0n) is 28.7. The van der Waals surface area contributed by atoms with Crippen LogP contribution in [0.4, 0.5) is 4.79 Å². The van der Waals surface area contributed by atoms with Crippen molar-refractivity contribution >= 4 is 12.1 Å². The van der Waals surface area contributed by atoms with Gasteiger partial charge >= 0.3 is 12.1 Å². The van der Waals surface area contributed by atoms with Gasteiger partial charge in [-0.3, -0.25) is 4.90 Å². The van der Waals surface area contributed by atoms with Gasteiger partial charge in [-0.05, 0) is 59.4 Å². The van der Waals surface area contributed by atoms with Crippen LogP contribution in [-0.2, 0) is 9.53 Å². The number of carbonyl (C=O) groups excluding carboxylic acids is 1. The highest BCUT2D eigenvalue weighted by atomic mass is 16.6. The van der Waals surface area contributed by atoms with Gasteiger partial charge in [0.05, 0.1) is 12.2 Å². The van der Waals surface area contributed by atoms with E-state index in [1.54, 1.807) is 20.8 Å². The van der Waals surface area contributed by atoms with Gasteiger partial charge in [0.25, 0.3) is 0 Å². The highest BCUT2D eigenvalue weighted by molar-refractivity contribution is 5.79. The van der Waals surface area contributed by atoms with Crippen LogP contribution >= 0.6 is 0 Å². The third kappa shape index (κ3) is 27.9. The molecule has 0 aliphatic heterocycles. The van der Waals surface area contributed by atoms with Crippen molar-refractivity contribution in [2.24, 2.45) is 0 Å².